The molecule has 0 saturated carbocycles. The summed E-state index contributed by atoms with van der Waals surface area (Å²) in [6, 6.07) is 6.23. The van der Waals surface area contributed by atoms with Gasteiger partial charge in [-0.2, -0.15) is 0 Å². The van der Waals surface area contributed by atoms with Gasteiger partial charge < -0.3 is 15.8 Å². The van der Waals surface area contributed by atoms with E-state index in [-0.39, 0.29) is 0 Å². The van der Waals surface area contributed by atoms with Crippen molar-refractivity contribution in [1.82, 2.24) is 0 Å². The lowest BCUT2D eigenvalue weighted by Crippen LogP contribution is -2.19. The Kier molecular flexibility index (Phi) is 4.08. The van der Waals surface area contributed by atoms with Crippen LogP contribution in [0, 0.1) is 0 Å². The van der Waals surface area contributed by atoms with E-state index in [9.17, 15) is 9.59 Å². The Morgan fingerprint density at radius 2 is 1.94 bits per heavy atom. The van der Waals surface area contributed by atoms with Crippen LogP contribution in [0.3, 0.4) is 0 Å². The number of carbonyl (C=O) groups excluding carboxylic acids is 2. The van der Waals surface area contributed by atoms with Gasteiger partial charge in [0.1, 0.15) is 0 Å². The first kappa shape index (κ1) is 11.8. The molecule has 0 spiro atoms. The van der Waals surface area contributed by atoms with Gasteiger partial charge in [0.15, 0.2) is 0 Å². The third-order valence-corrected chi connectivity index (χ3v) is 1.79. The van der Waals surface area contributed by atoms with Crippen LogP contribution in [0.25, 0.3) is 6.08 Å². The van der Waals surface area contributed by atoms with Gasteiger partial charge in [-0.05, 0) is 23.8 Å². The number of ether oxygens (including phenoxy) is 1. The SMILES string of the molecule is COC(=O)C=Cc1ccc(NC(N)=O)cc1. The summed E-state index contributed by atoms with van der Waals surface area (Å²) in [6.07, 6.45) is 2.93. The summed E-state index contributed by atoms with van der Waals surface area (Å²) in [5.41, 5.74) is 6.37. The predicted molar refractivity (Wildman–Crippen MR) is 60.7 cm³/mol. The largest absolute Gasteiger partial charge is 0.466 e. The molecule has 0 unspecified atom stereocenters. The number of amides is 2. The van der Waals surface area contributed by atoms with Crippen molar-refractivity contribution in [2.24, 2.45) is 5.73 Å². The quantitative estimate of drug-likeness (QED) is 0.596. The first-order valence-corrected chi connectivity index (χ1v) is 4.54. The van der Waals surface area contributed by atoms with Crippen LogP contribution >= 0.6 is 0 Å². The summed E-state index contributed by atoms with van der Waals surface area (Å²) in [5.74, 6) is -0.417. The molecule has 2 amide bonds. The van der Waals surface area contributed by atoms with Gasteiger partial charge in [0.2, 0.25) is 0 Å². The van der Waals surface area contributed by atoms with Crippen LogP contribution in [-0.2, 0) is 9.53 Å². The van der Waals surface area contributed by atoms with Gasteiger partial charge in [-0.3, -0.25) is 0 Å². The number of nitrogens with one attached hydrogen (secondary N) is 1. The third kappa shape index (κ3) is 3.83. The maximum absolute atomic E-state index is 10.8. The summed E-state index contributed by atoms with van der Waals surface area (Å²) in [4.78, 5) is 21.4. The number of anilines is 1. The van der Waals surface area contributed by atoms with Gasteiger partial charge in [0.05, 0.1) is 7.11 Å². The molecule has 0 heterocycles. The molecule has 0 aliphatic heterocycles. The molecular weight excluding hydrogens is 208 g/mol. The topological polar surface area (TPSA) is 81.4 Å². The molecule has 0 aliphatic rings. The summed E-state index contributed by atoms with van der Waals surface area (Å²) >= 11 is 0. The fourth-order valence-corrected chi connectivity index (χ4v) is 1.05. The number of hydrogen-bond acceptors (Lipinski definition) is 3. The number of esters is 1. The van der Waals surface area contributed by atoms with Crippen LogP contribution in [0.4, 0.5) is 10.5 Å². The normalized spacial score (nSPS) is 10.1. The van der Waals surface area contributed by atoms with Crippen molar-refractivity contribution < 1.29 is 14.3 Å². The highest BCUT2D eigenvalue weighted by molar-refractivity contribution is 5.88. The van der Waals surface area contributed by atoms with E-state index in [1.807, 2.05) is 0 Å². The molecule has 1 rings (SSSR count). The van der Waals surface area contributed by atoms with Gasteiger partial charge in [0, 0.05) is 11.8 Å². The molecule has 0 saturated heterocycles. The van der Waals surface area contributed by atoms with Gasteiger partial charge in [-0.15, -0.1) is 0 Å². The Morgan fingerprint density at radius 3 is 2.44 bits per heavy atom. The Morgan fingerprint density at radius 1 is 1.31 bits per heavy atom. The highest BCUT2D eigenvalue weighted by atomic mass is 16.5. The van der Waals surface area contributed by atoms with E-state index >= 15 is 0 Å². The minimum absolute atomic E-state index is 0.417. The maximum atomic E-state index is 10.8. The number of hydrogen-bond donors (Lipinski definition) is 2. The van der Waals surface area contributed by atoms with Gasteiger partial charge in [0.25, 0.3) is 0 Å². The summed E-state index contributed by atoms with van der Waals surface area (Å²) in [6.45, 7) is 0. The molecule has 5 heteroatoms. The number of carbonyl (C=O) groups is 2. The van der Waals surface area contributed by atoms with Gasteiger partial charge >= 0.3 is 12.0 Å². The molecule has 1 aromatic carbocycles. The lowest BCUT2D eigenvalue weighted by molar-refractivity contribution is -0.134. The zero-order valence-electron chi connectivity index (χ0n) is 8.77. The monoisotopic (exact) mass is 220 g/mol. The van der Waals surface area contributed by atoms with E-state index in [0.29, 0.717) is 5.69 Å². The van der Waals surface area contributed by atoms with Gasteiger partial charge in [-0.25, -0.2) is 9.59 Å². The van der Waals surface area contributed by atoms with Crippen LogP contribution in [0.1, 0.15) is 5.56 Å². The third-order valence-electron chi connectivity index (χ3n) is 1.79. The summed E-state index contributed by atoms with van der Waals surface area (Å²) in [5, 5.41) is 2.43. The summed E-state index contributed by atoms with van der Waals surface area (Å²) < 4.78 is 4.45. The number of urea groups is 1. The number of benzene rings is 1. The number of primary amides is 1. The standard InChI is InChI=1S/C11H12N2O3/c1-16-10(14)7-4-8-2-5-9(6-3-8)13-11(12)15/h2-7H,1H3,(H3,12,13,15). The van der Waals surface area contributed by atoms with E-state index in [1.165, 1.54) is 13.2 Å². The van der Waals surface area contributed by atoms with Crippen LogP contribution in [-0.4, -0.2) is 19.1 Å². The van der Waals surface area contributed by atoms with Gasteiger partial charge in [-0.1, -0.05) is 12.1 Å². The molecular formula is C11H12N2O3. The van der Waals surface area contributed by atoms with Crippen LogP contribution < -0.4 is 11.1 Å². The van der Waals surface area contributed by atoms with Crippen LogP contribution in [0.2, 0.25) is 0 Å². The highest BCUT2D eigenvalue weighted by Gasteiger charge is 1.95. The zero-order valence-corrected chi connectivity index (χ0v) is 8.77. The molecule has 0 bridgehead atoms. The minimum atomic E-state index is -0.613. The molecule has 5 nitrogen and oxygen atoms in total. The second-order valence-electron chi connectivity index (χ2n) is 2.97. The first-order chi connectivity index (χ1) is 7.61. The molecule has 3 N–H and O–H groups in total. The van der Waals surface area contributed by atoms with Crippen molar-refractivity contribution in [3.8, 4) is 0 Å². The van der Waals surface area contributed by atoms with E-state index in [4.69, 9.17) is 5.73 Å². The van der Waals surface area contributed by atoms with Crippen LogP contribution in [0.15, 0.2) is 30.3 Å². The zero-order chi connectivity index (χ0) is 12.0. The molecule has 0 atom stereocenters. The molecule has 0 aliphatic carbocycles. The Bertz CT molecular complexity index is 410. The molecule has 1 aromatic rings. The van der Waals surface area contributed by atoms with E-state index in [2.05, 4.69) is 10.1 Å². The molecule has 0 radical (unpaired) electrons. The first-order valence-electron chi connectivity index (χ1n) is 4.54. The molecule has 0 fully saturated rings. The fourth-order valence-electron chi connectivity index (χ4n) is 1.05. The predicted octanol–water partition coefficient (Wildman–Crippen LogP) is 1.36. The average Bonchev–Trinajstić information content (AvgIpc) is 2.27. The molecule has 0 aromatic heterocycles. The highest BCUT2D eigenvalue weighted by Crippen LogP contribution is 2.10. The molecule has 84 valence electrons. The van der Waals surface area contributed by atoms with Crippen molar-refractivity contribution in [3.05, 3.63) is 35.9 Å². The summed E-state index contributed by atoms with van der Waals surface area (Å²) in [7, 11) is 1.31. The van der Waals surface area contributed by atoms with Crippen molar-refractivity contribution in [3.63, 3.8) is 0 Å². The van der Waals surface area contributed by atoms with E-state index in [0.717, 1.165) is 5.56 Å². The molecule has 16 heavy (non-hydrogen) atoms. The van der Waals surface area contributed by atoms with E-state index < -0.39 is 12.0 Å². The Labute approximate surface area is 92.9 Å². The number of methoxy groups -OCH3 is 1. The maximum Gasteiger partial charge on any atom is 0.330 e. The van der Waals surface area contributed by atoms with Crippen molar-refractivity contribution in [2.75, 3.05) is 12.4 Å². The van der Waals surface area contributed by atoms with Crippen molar-refractivity contribution in [2.45, 2.75) is 0 Å². The smallest absolute Gasteiger partial charge is 0.330 e. The van der Waals surface area contributed by atoms with E-state index in [1.54, 1.807) is 30.3 Å². The lowest BCUT2D eigenvalue weighted by Gasteiger charge is -2.01. The number of rotatable bonds is 3. The van der Waals surface area contributed by atoms with Crippen molar-refractivity contribution in [1.29, 1.82) is 0 Å². The lowest BCUT2D eigenvalue weighted by atomic mass is 10.2. The number of nitrogens with two attached hydrogens (primary N) is 1. The second kappa shape index (κ2) is 5.55. The van der Waals surface area contributed by atoms with Crippen molar-refractivity contribution >= 4 is 23.8 Å². The van der Waals surface area contributed by atoms with Crippen LogP contribution in [0.5, 0.6) is 0 Å². The Hall–Kier alpha value is -2.30. The minimum Gasteiger partial charge on any atom is -0.466 e. The Balaban J connectivity index is 2.68. The second-order valence-corrected chi connectivity index (χ2v) is 2.97. The fraction of sp³-hybridized carbons (Fsp3) is 0.0909. The average molecular weight is 220 g/mol.